The Morgan fingerprint density at radius 3 is 2.85 bits per heavy atom. The molecule has 0 radical (unpaired) electrons. The van der Waals surface area contributed by atoms with Crippen LogP contribution in [0.15, 0.2) is 36.9 Å². The molecule has 1 atom stereocenters. The molecule has 0 aliphatic carbocycles. The van der Waals surface area contributed by atoms with Crippen molar-refractivity contribution in [1.29, 1.82) is 0 Å². The van der Waals surface area contributed by atoms with Crippen molar-refractivity contribution in [2.24, 2.45) is 0 Å². The fourth-order valence-electron chi connectivity index (χ4n) is 1.75. The van der Waals surface area contributed by atoms with Crippen molar-refractivity contribution in [1.82, 2.24) is 5.32 Å². The monoisotopic (exact) mass is 277 g/mol. The van der Waals surface area contributed by atoms with E-state index in [1.165, 1.54) is 19.2 Å². The maximum Gasteiger partial charge on any atom is 0.328 e. The van der Waals surface area contributed by atoms with Gasteiger partial charge in [0.15, 0.2) is 0 Å². The van der Waals surface area contributed by atoms with E-state index in [-0.39, 0.29) is 5.75 Å². The predicted molar refractivity (Wildman–Crippen MR) is 75.4 cm³/mol. The maximum absolute atomic E-state index is 12.0. The summed E-state index contributed by atoms with van der Waals surface area (Å²) in [6.07, 6.45) is 3.72. The molecular formula is C15H19NO4. The van der Waals surface area contributed by atoms with Gasteiger partial charge in [-0.25, -0.2) is 4.79 Å². The number of aromatic hydroxyl groups is 1. The number of carbonyl (C=O) groups is 2. The topological polar surface area (TPSA) is 75.6 Å². The van der Waals surface area contributed by atoms with Crippen molar-refractivity contribution in [2.45, 2.75) is 25.3 Å². The highest BCUT2D eigenvalue weighted by atomic mass is 16.5. The van der Waals surface area contributed by atoms with Gasteiger partial charge in [-0.2, -0.15) is 0 Å². The highest BCUT2D eigenvalue weighted by Crippen LogP contribution is 2.12. The van der Waals surface area contributed by atoms with Gasteiger partial charge in [-0.05, 0) is 37.5 Å². The predicted octanol–water partition coefficient (Wildman–Crippen LogP) is 2.02. The van der Waals surface area contributed by atoms with E-state index < -0.39 is 17.9 Å². The van der Waals surface area contributed by atoms with Crippen molar-refractivity contribution in [2.75, 3.05) is 7.11 Å². The zero-order valence-electron chi connectivity index (χ0n) is 11.5. The van der Waals surface area contributed by atoms with Crippen LogP contribution in [0, 0.1) is 0 Å². The van der Waals surface area contributed by atoms with Crippen molar-refractivity contribution in [3.63, 3.8) is 0 Å². The highest BCUT2D eigenvalue weighted by molar-refractivity contribution is 5.97. The first-order valence-corrected chi connectivity index (χ1v) is 6.37. The maximum atomic E-state index is 12.0. The minimum atomic E-state index is -0.699. The fourth-order valence-corrected chi connectivity index (χ4v) is 1.75. The summed E-state index contributed by atoms with van der Waals surface area (Å²) in [7, 11) is 1.28. The van der Waals surface area contributed by atoms with Crippen molar-refractivity contribution < 1.29 is 19.4 Å². The van der Waals surface area contributed by atoms with E-state index in [0.29, 0.717) is 12.0 Å². The van der Waals surface area contributed by atoms with Crippen LogP contribution in [0.2, 0.25) is 0 Å². The molecule has 0 aliphatic heterocycles. The van der Waals surface area contributed by atoms with Crippen LogP contribution in [0.1, 0.15) is 29.6 Å². The average Bonchev–Trinajstić information content (AvgIpc) is 2.45. The van der Waals surface area contributed by atoms with Gasteiger partial charge in [0.2, 0.25) is 0 Å². The van der Waals surface area contributed by atoms with Gasteiger partial charge in [0, 0.05) is 5.56 Å². The number of rotatable bonds is 7. The van der Waals surface area contributed by atoms with E-state index in [1.54, 1.807) is 18.2 Å². The standard InChI is InChI=1S/C15H19NO4/c1-3-4-5-9-13(15(19)20-2)16-14(18)11-7-6-8-12(17)10-11/h3,6-8,10,13,17H,1,4-5,9H2,2H3,(H,16,18)/t13-/m1/s1. The number of hydrogen-bond donors (Lipinski definition) is 2. The van der Waals surface area contributed by atoms with E-state index in [9.17, 15) is 14.7 Å². The Kier molecular flexibility index (Phi) is 6.29. The number of methoxy groups -OCH3 is 1. The molecule has 108 valence electrons. The molecule has 0 saturated heterocycles. The van der Waals surface area contributed by atoms with Crippen LogP contribution in [0.4, 0.5) is 0 Å². The molecule has 5 heteroatoms. The molecule has 0 bridgehead atoms. The van der Waals surface area contributed by atoms with E-state index >= 15 is 0 Å². The van der Waals surface area contributed by atoms with Gasteiger partial charge in [-0.1, -0.05) is 12.1 Å². The minimum Gasteiger partial charge on any atom is -0.508 e. The summed E-state index contributed by atoms with van der Waals surface area (Å²) in [5.41, 5.74) is 0.294. The number of phenolic OH excluding ortho intramolecular Hbond substituents is 1. The third kappa shape index (κ3) is 4.76. The van der Waals surface area contributed by atoms with E-state index in [4.69, 9.17) is 0 Å². The second-order valence-corrected chi connectivity index (χ2v) is 4.32. The molecule has 20 heavy (non-hydrogen) atoms. The lowest BCUT2D eigenvalue weighted by Crippen LogP contribution is -2.41. The van der Waals surface area contributed by atoms with Gasteiger partial charge >= 0.3 is 5.97 Å². The zero-order chi connectivity index (χ0) is 15.0. The number of phenols is 1. The number of benzene rings is 1. The summed E-state index contributed by atoms with van der Waals surface area (Å²) in [5.74, 6) is -0.906. The van der Waals surface area contributed by atoms with Gasteiger partial charge < -0.3 is 15.2 Å². The summed E-state index contributed by atoms with van der Waals surface area (Å²) >= 11 is 0. The third-order valence-corrected chi connectivity index (χ3v) is 2.80. The first-order chi connectivity index (χ1) is 9.58. The third-order valence-electron chi connectivity index (χ3n) is 2.80. The molecule has 1 amide bonds. The molecule has 0 saturated carbocycles. The molecule has 0 spiro atoms. The Balaban J connectivity index is 2.70. The van der Waals surface area contributed by atoms with Crippen molar-refractivity contribution in [3.8, 4) is 5.75 Å². The van der Waals surface area contributed by atoms with Gasteiger partial charge in [0.25, 0.3) is 5.91 Å². The van der Waals surface area contributed by atoms with Crippen LogP contribution in [0.3, 0.4) is 0 Å². The molecule has 2 N–H and O–H groups in total. The number of allylic oxidation sites excluding steroid dienone is 1. The number of nitrogens with one attached hydrogen (secondary N) is 1. The molecule has 0 heterocycles. The smallest absolute Gasteiger partial charge is 0.328 e. The van der Waals surface area contributed by atoms with Crippen LogP contribution < -0.4 is 5.32 Å². The Morgan fingerprint density at radius 2 is 2.25 bits per heavy atom. The second kappa shape index (κ2) is 7.99. The van der Waals surface area contributed by atoms with Gasteiger partial charge in [-0.15, -0.1) is 6.58 Å². The number of amides is 1. The molecule has 0 unspecified atom stereocenters. The first kappa shape index (κ1) is 15.8. The fraction of sp³-hybridized carbons (Fsp3) is 0.333. The normalized spacial score (nSPS) is 11.4. The highest BCUT2D eigenvalue weighted by Gasteiger charge is 2.21. The average molecular weight is 277 g/mol. The van der Waals surface area contributed by atoms with Crippen LogP contribution in [-0.2, 0) is 9.53 Å². The zero-order valence-corrected chi connectivity index (χ0v) is 11.5. The summed E-state index contributed by atoms with van der Waals surface area (Å²) in [4.78, 5) is 23.6. The molecule has 1 aromatic rings. The number of esters is 1. The van der Waals surface area contributed by atoms with E-state index in [1.807, 2.05) is 0 Å². The van der Waals surface area contributed by atoms with E-state index in [0.717, 1.165) is 12.8 Å². The van der Waals surface area contributed by atoms with Crippen molar-refractivity contribution >= 4 is 11.9 Å². The Hall–Kier alpha value is -2.30. The lowest BCUT2D eigenvalue weighted by atomic mass is 10.1. The number of carbonyl (C=O) groups excluding carboxylic acids is 2. The minimum absolute atomic E-state index is 0.000995. The van der Waals surface area contributed by atoms with Gasteiger partial charge in [0.1, 0.15) is 11.8 Å². The van der Waals surface area contributed by atoms with Crippen LogP contribution in [-0.4, -0.2) is 30.1 Å². The summed E-state index contributed by atoms with van der Waals surface area (Å²) in [6, 6.07) is 5.24. The van der Waals surface area contributed by atoms with Crippen LogP contribution in [0.5, 0.6) is 5.75 Å². The molecule has 1 rings (SSSR count). The lowest BCUT2D eigenvalue weighted by Gasteiger charge is -2.16. The van der Waals surface area contributed by atoms with Crippen molar-refractivity contribution in [3.05, 3.63) is 42.5 Å². The Morgan fingerprint density at radius 1 is 1.50 bits per heavy atom. The Labute approximate surface area is 118 Å². The molecule has 0 fully saturated rings. The number of unbranched alkanes of at least 4 members (excludes halogenated alkanes) is 1. The van der Waals surface area contributed by atoms with E-state index in [2.05, 4.69) is 16.6 Å². The second-order valence-electron chi connectivity index (χ2n) is 4.32. The Bertz CT molecular complexity index is 485. The summed E-state index contributed by atoms with van der Waals surface area (Å²) in [5, 5.41) is 12.0. The first-order valence-electron chi connectivity index (χ1n) is 6.37. The molecule has 0 aromatic heterocycles. The molecular weight excluding hydrogens is 258 g/mol. The molecule has 1 aromatic carbocycles. The summed E-state index contributed by atoms with van der Waals surface area (Å²) < 4.78 is 4.67. The molecule has 5 nitrogen and oxygen atoms in total. The SMILES string of the molecule is C=CCCC[C@@H](NC(=O)c1cccc(O)c1)C(=O)OC. The largest absolute Gasteiger partial charge is 0.508 e. The summed E-state index contributed by atoms with van der Waals surface area (Å²) in [6.45, 7) is 3.61. The molecule has 0 aliphatic rings. The number of hydrogen-bond acceptors (Lipinski definition) is 4. The number of ether oxygens (including phenoxy) is 1. The van der Waals surface area contributed by atoms with Gasteiger partial charge in [-0.3, -0.25) is 4.79 Å². The van der Waals surface area contributed by atoms with Crippen LogP contribution in [0.25, 0.3) is 0 Å². The van der Waals surface area contributed by atoms with Gasteiger partial charge in [0.05, 0.1) is 7.11 Å². The quantitative estimate of drug-likeness (QED) is 0.454. The lowest BCUT2D eigenvalue weighted by molar-refractivity contribution is -0.143. The van der Waals surface area contributed by atoms with Crippen LogP contribution >= 0.6 is 0 Å².